The summed E-state index contributed by atoms with van der Waals surface area (Å²) in [6.07, 6.45) is 1.44. The number of carbonyl (C=O) groups is 2. The van der Waals surface area contributed by atoms with E-state index in [1.165, 1.54) is 24.7 Å². The molecule has 1 aromatic carbocycles. The number of hydrogen-bond donors (Lipinski definition) is 2. The van der Waals surface area contributed by atoms with E-state index in [1.54, 1.807) is 42.8 Å². The van der Waals surface area contributed by atoms with Gasteiger partial charge in [0.2, 0.25) is 0 Å². The monoisotopic (exact) mass is 347 g/mol. The highest BCUT2D eigenvalue weighted by molar-refractivity contribution is 7.12. The summed E-state index contributed by atoms with van der Waals surface area (Å²) in [7, 11) is 3.10. The highest BCUT2D eigenvalue weighted by Crippen LogP contribution is 2.22. The number of nitrogens with one attached hydrogen (secondary N) is 2. The van der Waals surface area contributed by atoms with Crippen LogP contribution in [0.1, 0.15) is 15.2 Å². The van der Waals surface area contributed by atoms with Crippen molar-refractivity contribution in [1.29, 1.82) is 0 Å². The van der Waals surface area contributed by atoms with Crippen LogP contribution in [-0.2, 0) is 4.79 Å². The molecule has 0 aliphatic rings. The van der Waals surface area contributed by atoms with Gasteiger partial charge < -0.3 is 14.8 Å². The number of amides is 2. The van der Waals surface area contributed by atoms with Gasteiger partial charge in [0.25, 0.3) is 11.8 Å². The molecule has 7 nitrogen and oxygen atoms in total. The maximum absolute atomic E-state index is 11.7. The van der Waals surface area contributed by atoms with Gasteiger partial charge in [0, 0.05) is 5.56 Å². The second-order valence-electron chi connectivity index (χ2n) is 4.56. The van der Waals surface area contributed by atoms with Crippen molar-refractivity contribution in [2.45, 2.75) is 0 Å². The van der Waals surface area contributed by atoms with E-state index >= 15 is 0 Å². The molecule has 0 saturated carbocycles. The standard InChI is InChI=1S/C16H17N3O4S/c1-22-12-5-6-13(23-2)11(8-12)9-18-19-15(20)10-17-16(21)14-4-3-7-24-14/h3-9H,10H2,1-2H3,(H,17,21)(H,19,20)/b18-9+. The van der Waals surface area contributed by atoms with E-state index in [4.69, 9.17) is 9.47 Å². The van der Waals surface area contributed by atoms with Crippen molar-refractivity contribution in [2.24, 2.45) is 5.10 Å². The molecule has 2 N–H and O–H groups in total. The third-order valence-corrected chi connectivity index (χ3v) is 3.85. The molecule has 0 radical (unpaired) electrons. The van der Waals surface area contributed by atoms with E-state index in [1.807, 2.05) is 0 Å². The van der Waals surface area contributed by atoms with Gasteiger partial charge in [-0.1, -0.05) is 6.07 Å². The zero-order chi connectivity index (χ0) is 17.4. The van der Waals surface area contributed by atoms with Crippen molar-refractivity contribution in [3.63, 3.8) is 0 Å². The number of thiophene rings is 1. The van der Waals surface area contributed by atoms with Gasteiger partial charge in [-0.05, 0) is 29.6 Å². The zero-order valence-electron chi connectivity index (χ0n) is 13.2. The Hall–Kier alpha value is -2.87. The minimum absolute atomic E-state index is 0.163. The fraction of sp³-hybridized carbons (Fsp3) is 0.188. The van der Waals surface area contributed by atoms with E-state index in [0.29, 0.717) is 21.9 Å². The van der Waals surface area contributed by atoms with Crippen LogP contribution in [-0.4, -0.2) is 38.8 Å². The van der Waals surface area contributed by atoms with Crippen molar-refractivity contribution in [3.05, 3.63) is 46.2 Å². The fourth-order valence-electron chi connectivity index (χ4n) is 1.81. The summed E-state index contributed by atoms with van der Waals surface area (Å²) in [6.45, 7) is -0.163. The maximum atomic E-state index is 11.7. The lowest BCUT2D eigenvalue weighted by atomic mass is 10.2. The lowest BCUT2D eigenvalue weighted by Gasteiger charge is -2.07. The van der Waals surface area contributed by atoms with Crippen molar-refractivity contribution in [1.82, 2.24) is 10.7 Å². The van der Waals surface area contributed by atoms with Crippen molar-refractivity contribution in [2.75, 3.05) is 20.8 Å². The minimum atomic E-state index is -0.432. The first kappa shape index (κ1) is 17.5. The Labute approximate surface area is 143 Å². The molecular formula is C16H17N3O4S. The normalized spacial score (nSPS) is 10.4. The topological polar surface area (TPSA) is 89.0 Å². The van der Waals surface area contributed by atoms with E-state index in [0.717, 1.165) is 0 Å². The summed E-state index contributed by atoms with van der Waals surface area (Å²) < 4.78 is 10.3. The first-order valence-electron chi connectivity index (χ1n) is 6.99. The highest BCUT2D eigenvalue weighted by Gasteiger charge is 2.08. The Bertz CT molecular complexity index is 729. The molecule has 0 bridgehead atoms. The molecule has 24 heavy (non-hydrogen) atoms. The summed E-state index contributed by atoms with van der Waals surface area (Å²) in [4.78, 5) is 24.0. The largest absolute Gasteiger partial charge is 0.497 e. The van der Waals surface area contributed by atoms with Crippen LogP contribution in [0.25, 0.3) is 0 Å². The Kier molecular flexibility index (Phi) is 6.32. The highest BCUT2D eigenvalue weighted by atomic mass is 32.1. The Morgan fingerprint density at radius 2 is 2.08 bits per heavy atom. The minimum Gasteiger partial charge on any atom is -0.497 e. The van der Waals surface area contributed by atoms with Gasteiger partial charge in [-0.2, -0.15) is 5.10 Å². The molecule has 2 aromatic rings. The quantitative estimate of drug-likeness (QED) is 0.589. The predicted octanol–water partition coefficient (Wildman–Crippen LogP) is 1.65. The Morgan fingerprint density at radius 1 is 1.25 bits per heavy atom. The second-order valence-corrected chi connectivity index (χ2v) is 5.51. The SMILES string of the molecule is COc1ccc(OC)c(/C=N/NC(=O)CNC(=O)c2cccs2)c1. The van der Waals surface area contributed by atoms with Crippen molar-refractivity contribution >= 4 is 29.4 Å². The summed E-state index contributed by atoms with van der Waals surface area (Å²) >= 11 is 1.31. The van der Waals surface area contributed by atoms with E-state index in [9.17, 15) is 9.59 Å². The molecule has 2 amide bonds. The maximum Gasteiger partial charge on any atom is 0.261 e. The lowest BCUT2D eigenvalue weighted by molar-refractivity contribution is -0.120. The molecule has 0 unspecified atom stereocenters. The molecule has 8 heteroatoms. The van der Waals surface area contributed by atoms with Crippen LogP contribution in [0, 0.1) is 0 Å². The molecular weight excluding hydrogens is 330 g/mol. The molecule has 2 rings (SSSR count). The van der Waals surface area contributed by atoms with E-state index < -0.39 is 5.91 Å². The van der Waals surface area contributed by atoms with Gasteiger partial charge in [0.1, 0.15) is 11.5 Å². The molecule has 0 aliphatic carbocycles. The molecule has 0 spiro atoms. The van der Waals surface area contributed by atoms with Crippen LogP contribution in [0.2, 0.25) is 0 Å². The third kappa shape index (κ3) is 4.82. The van der Waals surface area contributed by atoms with Crippen molar-refractivity contribution in [3.8, 4) is 11.5 Å². The molecule has 0 fully saturated rings. The molecule has 0 aliphatic heterocycles. The van der Waals surface area contributed by atoms with Gasteiger partial charge in [-0.3, -0.25) is 9.59 Å². The zero-order valence-corrected chi connectivity index (χ0v) is 14.1. The second kappa shape index (κ2) is 8.68. The number of rotatable bonds is 7. The Balaban J connectivity index is 1.87. The lowest BCUT2D eigenvalue weighted by Crippen LogP contribution is -2.34. The van der Waals surface area contributed by atoms with Gasteiger partial charge in [0.05, 0.1) is 31.9 Å². The number of methoxy groups -OCH3 is 2. The van der Waals surface area contributed by atoms with Crippen LogP contribution in [0.15, 0.2) is 40.8 Å². The molecule has 1 heterocycles. The predicted molar refractivity (Wildman–Crippen MR) is 91.9 cm³/mol. The molecule has 126 valence electrons. The van der Waals surface area contributed by atoms with E-state index in [-0.39, 0.29) is 12.5 Å². The summed E-state index contributed by atoms with van der Waals surface area (Å²) in [5.74, 6) is 0.517. The average molecular weight is 347 g/mol. The van der Waals surface area contributed by atoms with Crippen LogP contribution < -0.4 is 20.2 Å². The van der Waals surface area contributed by atoms with Gasteiger partial charge in [0.15, 0.2) is 0 Å². The number of carbonyl (C=O) groups excluding carboxylic acids is 2. The third-order valence-electron chi connectivity index (χ3n) is 2.98. The van der Waals surface area contributed by atoms with Crippen LogP contribution in [0.4, 0.5) is 0 Å². The first-order valence-corrected chi connectivity index (χ1v) is 7.87. The molecule has 1 aromatic heterocycles. The van der Waals surface area contributed by atoms with Gasteiger partial charge in [-0.15, -0.1) is 11.3 Å². The van der Waals surface area contributed by atoms with Gasteiger partial charge >= 0.3 is 0 Å². The number of hydrogen-bond acceptors (Lipinski definition) is 6. The van der Waals surface area contributed by atoms with Crippen molar-refractivity contribution < 1.29 is 19.1 Å². The average Bonchev–Trinajstić information content (AvgIpc) is 3.14. The number of nitrogens with zero attached hydrogens (tertiary/aromatic N) is 1. The number of benzene rings is 1. The fourth-order valence-corrected chi connectivity index (χ4v) is 2.45. The van der Waals surface area contributed by atoms with Crippen LogP contribution in [0.5, 0.6) is 11.5 Å². The Morgan fingerprint density at radius 3 is 2.75 bits per heavy atom. The summed E-state index contributed by atoms with van der Waals surface area (Å²) in [5.41, 5.74) is 3.00. The van der Waals surface area contributed by atoms with E-state index in [2.05, 4.69) is 15.8 Å². The number of ether oxygens (including phenoxy) is 2. The van der Waals surface area contributed by atoms with Gasteiger partial charge in [-0.25, -0.2) is 5.43 Å². The molecule has 0 atom stereocenters. The summed E-state index contributed by atoms with van der Waals surface area (Å²) in [5, 5.41) is 8.17. The molecule has 0 saturated heterocycles. The number of hydrazone groups is 1. The van der Waals surface area contributed by atoms with Crippen LogP contribution in [0.3, 0.4) is 0 Å². The smallest absolute Gasteiger partial charge is 0.261 e. The summed E-state index contributed by atoms with van der Waals surface area (Å²) in [6, 6.07) is 8.68. The first-order chi connectivity index (χ1) is 11.6. The van der Waals surface area contributed by atoms with Crippen LogP contribution >= 0.6 is 11.3 Å².